The SMILES string of the molecule is C=CCN1C(=O)[C@@H](C=NCCC[NH+]2CCOCC2)C(=O)NC1=S. The Labute approximate surface area is 141 Å². The summed E-state index contributed by atoms with van der Waals surface area (Å²) in [7, 11) is 0. The van der Waals surface area contributed by atoms with E-state index >= 15 is 0 Å². The molecule has 23 heavy (non-hydrogen) atoms. The quantitative estimate of drug-likeness (QED) is 0.193. The average Bonchev–Trinajstić information content (AvgIpc) is 2.55. The van der Waals surface area contributed by atoms with Crippen molar-refractivity contribution in [3.8, 4) is 0 Å². The van der Waals surface area contributed by atoms with Gasteiger partial charge in [-0.15, -0.1) is 6.58 Å². The van der Waals surface area contributed by atoms with E-state index in [2.05, 4.69) is 16.9 Å². The molecule has 2 aliphatic rings. The Morgan fingerprint density at radius 1 is 1.43 bits per heavy atom. The number of quaternary nitrogens is 1. The molecule has 126 valence electrons. The van der Waals surface area contributed by atoms with E-state index in [0.29, 0.717) is 6.54 Å². The zero-order valence-corrected chi connectivity index (χ0v) is 13.9. The van der Waals surface area contributed by atoms with E-state index in [1.165, 1.54) is 16.0 Å². The summed E-state index contributed by atoms with van der Waals surface area (Å²) >= 11 is 4.99. The number of carbonyl (C=O) groups is 2. The molecular formula is C15H23N4O3S+. The Hall–Kier alpha value is -1.64. The van der Waals surface area contributed by atoms with Crippen molar-refractivity contribution >= 4 is 35.4 Å². The van der Waals surface area contributed by atoms with Crippen LogP contribution in [-0.2, 0) is 14.3 Å². The maximum absolute atomic E-state index is 12.3. The van der Waals surface area contributed by atoms with Crippen molar-refractivity contribution in [2.24, 2.45) is 10.9 Å². The third-order valence-electron chi connectivity index (χ3n) is 3.87. The highest BCUT2D eigenvalue weighted by atomic mass is 32.1. The molecule has 0 unspecified atom stereocenters. The van der Waals surface area contributed by atoms with Crippen LogP contribution in [0.15, 0.2) is 17.6 Å². The predicted octanol–water partition coefficient (Wildman–Crippen LogP) is -1.59. The number of thiocarbonyl (C=S) groups is 1. The van der Waals surface area contributed by atoms with E-state index in [-0.39, 0.29) is 17.6 Å². The number of amides is 2. The first-order valence-corrected chi connectivity index (χ1v) is 8.22. The van der Waals surface area contributed by atoms with Crippen molar-refractivity contribution in [2.75, 3.05) is 45.9 Å². The number of hydrogen-bond acceptors (Lipinski definition) is 5. The largest absolute Gasteiger partial charge is 0.370 e. The van der Waals surface area contributed by atoms with E-state index in [1.54, 1.807) is 6.08 Å². The maximum Gasteiger partial charge on any atom is 0.247 e. The molecule has 2 heterocycles. The van der Waals surface area contributed by atoms with Gasteiger partial charge in [0.05, 0.1) is 19.8 Å². The maximum atomic E-state index is 12.3. The molecule has 0 aromatic rings. The number of rotatable bonds is 7. The second kappa shape index (κ2) is 8.85. The highest BCUT2D eigenvalue weighted by Crippen LogP contribution is 2.09. The van der Waals surface area contributed by atoms with Gasteiger partial charge >= 0.3 is 0 Å². The van der Waals surface area contributed by atoms with Crippen molar-refractivity contribution in [3.05, 3.63) is 12.7 Å². The fourth-order valence-electron chi connectivity index (χ4n) is 2.57. The minimum absolute atomic E-state index is 0.125. The van der Waals surface area contributed by atoms with Crippen LogP contribution in [-0.4, -0.2) is 74.0 Å². The zero-order chi connectivity index (χ0) is 16.7. The lowest BCUT2D eigenvalue weighted by Gasteiger charge is -2.29. The Bertz CT molecular complexity index is 503. The lowest BCUT2D eigenvalue weighted by Crippen LogP contribution is -3.14. The summed E-state index contributed by atoms with van der Waals surface area (Å²) in [5, 5.41) is 2.65. The monoisotopic (exact) mass is 339 g/mol. The summed E-state index contributed by atoms with van der Waals surface area (Å²) in [5.41, 5.74) is 0. The molecular weight excluding hydrogens is 316 g/mol. The van der Waals surface area contributed by atoms with Crippen molar-refractivity contribution in [3.63, 3.8) is 0 Å². The third kappa shape index (κ3) is 4.92. The van der Waals surface area contributed by atoms with Gasteiger partial charge in [-0.2, -0.15) is 0 Å². The van der Waals surface area contributed by atoms with E-state index in [9.17, 15) is 9.59 Å². The molecule has 8 heteroatoms. The highest BCUT2D eigenvalue weighted by Gasteiger charge is 2.36. The second-order valence-corrected chi connectivity index (χ2v) is 5.92. The van der Waals surface area contributed by atoms with Crippen LogP contribution in [0.4, 0.5) is 0 Å². The Morgan fingerprint density at radius 2 is 2.17 bits per heavy atom. The van der Waals surface area contributed by atoms with Gasteiger partial charge < -0.3 is 15.0 Å². The van der Waals surface area contributed by atoms with Gasteiger partial charge in [-0.25, -0.2) is 0 Å². The normalized spacial score (nSPS) is 23.4. The molecule has 0 aliphatic carbocycles. The Morgan fingerprint density at radius 3 is 2.87 bits per heavy atom. The highest BCUT2D eigenvalue weighted by molar-refractivity contribution is 7.80. The van der Waals surface area contributed by atoms with Gasteiger partial charge in [-0.3, -0.25) is 19.5 Å². The van der Waals surface area contributed by atoms with Gasteiger partial charge in [-0.1, -0.05) is 6.08 Å². The predicted molar refractivity (Wildman–Crippen MR) is 90.5 cm³/mol. The molecule has 2 aliphatic heterocycles. The molecule has 0 saturated carbocycles. The van der Waals surface area contributed by atoms with Crippen LogP contribution >= 0.6 is 12.2 Å². The first-order valence-electron chi connectivity index (χ1n) is 7.82. The van der Waals surface area contributed by atoms with Crippen LogP contribution in [0.25, 0.3) is 0 Å². The molecule has 0 spiro atoms. The molecule has 2 fully saturated rings. The minimum Gasteiger partial charge on any atom is -0.370 e. The molecule has 0 aromatic heterocycles. The van der Waals surface area contributed by atoms with Crippen LogP contribution < -0.4 is 10.2 Å². The van der Waals surface area contributed by atoms with Crippen molar-refractivity contribution in [1.29, 1.82) is 0 Å². The number of nitrogens with one attached hydrogen (secondary N) is 2. The average molecular weight is 339 g/mol. The molecule has 1 atom stereocenters. The van der Waals surface area contributed by atoms with Crippen molar-refractivity contribution in [1.82, 2.24) is 10.2 Å². The van der Waals surface area contributed by atoms with Crippen LogP contribution in [0.3, 0.4) is 0 Å². The third-order valence-corrected chi connectivity index (χ3v) is 4.20. The summed E-state index contributed by atoms with van der Waals surface area (Å²) in [4.78, 5) is 31.3. The molecule has 0 radical (unpaired) electrons. The Balaban J connectivity index is 1.80. The number of carbonyl (C=O) groups excluding carboxylic acids is 2. The Kier molecular flexibility index (Phi) is 6.82. The van der Waals surface area contributed by atoms with Crippen LogP contribution in [0.1, 0.15) is 6.42 Å². The van der Waals surface area contributed by atoms with Crippen molar-refractivity contribution < 1.29 is 19.2 Å². The lowest BCUT2D eigenvalue weighted by atomic mass is 10.1. The molecule has 0 aromatic carbocycles. The summed E-state index contributed by atoms with van der Waals surface area (Å²) < 4.78 is 5.31. The standard InChI is InChI=1S/C15H22N4O3S/c1-2-5-19-14(21)12(13(20)17-15(19)23)11-16-4-3-6-18-7-9-22-10-8-18/h2,11-12H,1,3-10H2,(H,17,20,23)/p+1/t12-/m0/s1. The molecule has 2 rings (SSSR count). The molecule has 0 bridgehead atoms. The number of hydrogen-bond donors (Lipinski definition) is 2. The van der Waals surface area contributed by atoms with E-state index in [0.717, 1.165) is 39.3 Å². The number of nitrogens with zero attached hydrogens (tertiary/aromatic N) is 2. The fraction of sp³-hybridized carbons (Fsp3) is 0.600. The summed E-state index contributed by atoms with van der Waals surface area (Å²) in [6.45, 7) is 9.18. The van der Waals surface area contributed by atoms with Gasteiger partial charge in [0.1, 0.15) is 13.1 Å². The minimum atomic E-state index is -0.905. The molecule has 7 nitrogen and oxygen atoms in total. The number of ether oxygens (including phenoxy) is 1. The van der Waals surface area contributed by atoms with Gasteiger partial charge in [-0.05, 0) is 12.2 Å². The van der Waals surface area contributed by atoms with Crippen LogP contribution in [0, 0.1) is 5.92 Å². The fourth-order valence-corrected chi connectivity index (χ4v) is 2.84. The van der Waals surface area contributed by atoms with Gasteiger partial charge in [0, 0.05) is 25.7 Å². The zero-order valence-electron chi connectivity index (χ0n) is 13.1. The van der Waals surface area contributed by atoms with E-state index < -0.39 is 11.8 Å². The topological polar surface area (TPSA) is 75.4 Å². The summed E-state index contributed by atoms with van der Waals surface area (Å²) in [6, 6.07) is 0. The van der Waals surface area contributed by atoms with Gasteiger partial charge in [0.15, 0.2) is 11.0 Å². The van der Waals surface area contributed by atoms with E-state index in [1.807, 2.05) is 0 Å². The first kappa shape index (κ1) is 17.7. The van der Waals surface area contributed by atoms with E-state index in [4.69, 9.17) is 17.0 Å². The molecule has 2 N–H and O–H groups in total. The van der Waals surface area contributed by atoms with Gasteiger partial charge in [0.25, 0.3) is 0 Å². The van der Waals surface area contributed by atoms with Crippen molar-refractivity contribution in [2.45, 2.75) is 6.42 Å². The lowest BCUT2D eigenvalue weighted by molar-refractivity contribution is -0.908. The van der Waals surface area contributed by atoms with Crippen LogP contribution in [0.2, 0.25) is 0 Å². The second-order valence-electron chi connectivity index (χ2n) is 5.53. The molecule has 2 amide bonds. The first-order chi connectivity index (χ1) is 11.1. The summed E-state index contributed by atoms with van der Waals surface area (Å²) in [6.07, 6.45) is 3.92. The summed E-state index contributed by atoms with van der Waals surface area (Å²) in [5.74, 6) is -1.67. The molecule has 2 saturated heterocycles. The smallest absolute Gasteiger partial charge is 0.247 e. The van der Waals surface area contributed by atoms with Crippen LogP contribution in [0.5, 0.6) is 0 Å². The van der Waals surface area contributed by atoms with Gasteiger partial charge in [0.2, 0.25) is 11.8 Å². The number of aliphatic imine (C=N–C) groups is 1. The number of morpholine rings is 1.